The van der Waals surface area contributed by atoms with E-state index in [4.69, 9.17) is 4.84 Å². The Labute approximate surface area is 121 Å². The summed E-state index contributed by atoms with van der Waals surface area (Å²) >= 11 is 0. The smallest absolute Gasteiger partial charge is 0.291 e. The molecular weight excluding hydrogens is 262 g/mol. The zero-order valence-electron chi connectivity index (χ0n) is 11.5. The first kappa shape index (κ1) is 12.0. The zero-order valence-corrected chi connectivity index (χ0v) is 11.5. The average molecular weight is 275 g/mol. The summed E-state index contributed by atoms with van der Waals surface area (Å²) < 4.78 is 1.37. The number of hydrogen-bond donors (Lipinski definition) is 0. The molecule has 102 valence electrons. The van der Waals surface area contributed by atoms with E-state index in [1.807, 2.05) is 48.5 Å². The normalized spacial score (nSPS) is 11.3. The van der Waals surface area contributed by atoms with Gasteiger partial charge in [-0.15, -0.1) is 4.73 Å². The van der Waals surface area contributed by atoms with Crippen LogP contribution in [0.2, 0.25) is 0 Å². The van der Waals surface area contributed by atoms with Gasteiger partial charge in [0.1, 0.15) is 7.11 Å². The molecule has 4 rings (SSSR count). The summed E-state index contributed by atoms with van der Waals surface area (Å²) in [5.41, 5.74) is 0.663. The molecule has 0 spiro atoms. The molecule has 3 nitrogen and oxygen atoms in total. The Morgan fingerprint density at radius 1 is 0.810 bits per heavy atom. The van der Waals surface area contributed by atoms with Crippen molar-refractivity contribution in [2.75, 3.05) is 7.11 Å². The van der Waals surface area contributed by atoms with Gasteiger partial charge in [-0.3, -0.25) is 4.79 Å². The van der Waals surface area contributed by atoms with Crippen molar-refractivity contribution in [1.82, 2.24) is 4.73 Å². The van der Waals surface area contributed by atoms with Crippen LogP contribution in [-0.4, -0.2) is 11.8 Å². The van der Waals surface area contributed by atoms with Crippen LogP contribution in [0.3, 0.4) is 0 Å². The van der Waals surface area contributed by atoms with Gasteiger partial charge in [0.2, 0.25) is 0 Å². The van der Waals surface area contributed by atoms with Crippen molar-refractivity contribution < 1.29 is 4.84 Å². The van der Waals surface area contributed by atoms with Gasteiger partial charge in [-0.2, -0.15) is 0 Å². The molecule has 3 heteroatoms. The van der Waals surface area contributed by atoms with Crippen LogP contribution < -0.4 is 10.4 Å². The zero-order chi connectivity index (χ0) is 14.4. The second-order valence-electron chi connectivity index (χ2n) is 5.04. The van der Waals surface area contributed by atoms with E-state index >= 15 is 0 Å². The van der Waals surface area contributed by atoms with Gasteiger partial charge in [0.05, 0.1) is 10.9 Å². The highest BCUT2D eigenvalue weighted by Gasteiger charge is 2.11. The molecular formula is C18H13NO2. The highest BCUT2D eigenvalue weighted by atomic mass is 16.6. The highest BCUT2D eigenvalue weighted by molar-refractivity contribution is 6.10. The third kappa shape index (κ3) is 1.64. The molecule has 0 saturated carbocycles. The van der Waals surface area contributed by atoms with Crippen LogP contribution in [0, 0.1) is 0 Å². The van der Waals surface area contributed by atoms with Crippen molar-refractivity contribution in [3.05, 3.63) is 71.0 Å². The number of fused-ring (bicyclic) bond motifs is 4. The summed E-state index contributed by atoms with van der Waals surface area (Å²) in [5, 5.41) is 4.88. The third-order valence-corrected chi connectivity index (χ3v) is 3.90. The molecule has 0 aliphatic rings. The molecule has 1 heterocycles. The number of hydrogen-bond acceptors (Lipinski definition) is 2. The number of nitrogens with zero attached hydrogens (tertiary/aromatic N) is 1. The summed E-state index contributed by atoms with van der Waals surface area (Å²) in [6, 6.07) is 19.9. The van der Waals surface area contributed by atoms with E-state index < -0.39 is 0 Å². The Bertz CT molecular complexity index is 1050. The van der Waals surface area contributed by atoms with Crippen molar-refractivity contribution in [2.24, 2.45) is 0 Å². The van der Waals surface area contributed by atoms with E-state index in [0.29, 0.717) is 5.39 Å². The first-order valence-corrected chi connectivity index (χ1v) is 6.80. The highest BCUT2D eigenvalue weighted by Crippen LogP contribution is 2.27. The fourth-order valence-corrected chi connectivity index (χ4v) is 2.92. The lowest BCUT2D eigenvalue weighted by Crippen LogP contribution is -2.25. The van der Waals surface area contributed by atoms with Crippen LogP contribution in [0.1, 0.15) is 0 Å². The Balaban J connectivity index is 2.35. The SMILES string of the molecule is COn1c(=O)c2ccccc2c2cc3ccccc3cc21. The van der Waals surface area contributed by atoms with Gasteiger partial charge in [-0.25, -0.2) is 0 Å². The third-order valence-electron chi connectivity index (χ3n) is 3.90. The standard InChI is InChI=1S/C18H13NO2/c1-21-19-17-11-13-7-3-2-6-12(13)10-16(17)14-8-4-5-9-15(14)18(19)20/h2-11H,1H3. The summed E-state index contributed by atoms with van der Waals surface area (Å²) in [4.78, 5) is 17.9. The fourth-order valence-electron chi connectivity index (χ4n) is 2.92. The molecule has 21 heavy (non-hydrogen) atoms. The number of pyridine rings is 1. The number of benzene rings is 3. The second-order valence-corrected chi connectivity index (χ2v) is 5.04. The van der Waals surface area contributed by atoms with Crippen molar-refractivity contribution in [3.63, 3.8) is 0 Å². The Kier molecular flexibility index (Phi) is 2.48. The summed E-state index contributed by atoms with van der Waals surface area (Å²) in [5.74, 6) is 0. The van der Waals surface area contributed by atoms with E-state index in [1.54, 1.807) is 0 Å². The quantitative estimate of drug-likeness (QED) is 0.394. The molecule has 0 saturated heterocycles. The molecule has 0 unspecified atom stereocenters. The lowest BCUT2D eigenvalue weighted by Gasteiger charge is -2.12. The van der Waals surface area contributed by atoms with Crippen LogP contribution in [0.25, 0.3) is 32.4 Å². The Hall–Kier alpha value is -2.81. The molecule has 0 radical (unpaired) electrons. The minimum atomic E-state index is -0.129. The van der Waals surface area contributed by atoms with Gasteiger partial charge in [0.15, 0.2) is 0 Å². The first-order valence-electron chi connectivity index (χ1n) is 6.80. The first-order chi connectivity index (χ1) is 10.3. The molecule has 0 bridgehead atoms. The van der Waals surface area contributed by atoms with Crippen LogP contribution >= 0.6 is 0 Å². The van der Waals surface area contributed by atoms with Crippen molar-refractivity contribution in [3.8, 4) is 0 Å². The predicted octanol–water partition coefficient (Wildman–Crippen LogP) is 3.37. The largest absolute Gasteiger partial charge is 0.413 e. The topological polar surface area (TPSA) is 31.2 Å². The van der Waals surface area contributed by atoms with E-state index in [9.17, 15) is 4.79 Å². The number of aromatic nitrogens is 1. The van der Waals surface area contributed by atoms with E-state index in [2.05, 4.69) is 12.1 Å². The van der Waals surface area contributed by atoms with Gasteiger partial charge in [0, 0.05) is 5.39 Å². The maximum atomic E-state index is 12.5. The molecule has 0 fully saturated rings. The van der Waals surface area contributed by atoms with E-state index in [-0.39, 0.29) is 5.56 Å². The molecule has 1 aromatic heterocycles. The van der Waals surface area contributed by atoms with Crippen molar-refractivity contribution in [1.29, 1.82) is 0 Å². The molecule has 0 amide bonds. The molecule has 0 atom stereocenters. The van der Waals surface area contributed by atoms with E-state index in [0.717, 1.165) is 27.1 Å². The minimum Gasteiger partial charge on any atom is -0.413 e. The second kappa shape index (κ2) is 4.35. The molecule has 4 aromatic rings. The van der Waals surface area contributed by atoms with Crippen molar-refractivity contribution >= 4 is 32.4 Å². The molecule has 0 aliphatic heterocycles. The Morgan fingerprint density at radius 2 is 1.43 bits per heavy atom. The van der Waals surface area contributed by atoms with Gasteiger partial charge in [0.25, 0.3) is 5.56 Å². The lowest BCUT2D eigenvalue weighted by atomic mass is 10.0. The lowest BCUT2D eigenvalue weighted by molar-refractivity contribution is 0.170. The summed E-state index contributed by atoms with van der Waals surface area (Å²) in [6.45, 7) is 0. The monoisotopic (exact) mass is 275 g/mol. The van der Waals surface area contributed by atoms with Crippen LogP contribution in [0.4, 0.5) is 0 Å². The molecule has 3 aromatic carbocycles. The van der Waals surface area contributed by atoms with Gasteiger partial charge >= 0.3 is 0 Å². The molecule has 0 N–H and O–H groups in total. The maximum absolute atomic E-state index is 12.5. The average Bonchev–Trinajstić information content (AvgIpc) is 2.54. The van der Waals surface area contributed by atoms with Gasteiger partial charge in [-0.1, -0.05) is 42.5 Å². The maximum Gasteiger partial charge on any atom is 0.291 e. The number of rotatable bonds is 1. The van der Waals surface area contributed by atoms with E-state index in [1.165, 1.54) is 11.8 Å². The van der Waals surface area contributed by atoms with Crippen LogP contribution in [0.15, 0.2) is 65.5 Å². The summed E-state index contributed by atoms with van der Waals surface area (Å²) in [6.07, 6.45) is 0. The minimum absolute atomic E-state index is 0.129. The summed E-state index contributed by atoms with van der Waals surface area (Å²) in [7, 11) is 1.52. The molecule has 0 aliphatic carbocycles. The van der Waals surface area contributed by atoms with Gasteiger partial charge < -0.3 is 4.84 Å². The van der Waals surface area contributed by atoms with Crippen molar-refractivity contribution in [2.45, 2.75) is 0 Å². The van der Waals surface area contributed by atoms with Gasteiger partial charge in [-0.05, 0) is 34.4 Å². The predicted molar refractivity (Wildman–Crippen MR) is 85.7 cm³/mol. The fraction of sp³-hybridized carbons (Fsp3) is 0.0556. The Morgan fingerprint density at radius 3 is 2.14 bits per heavy atom. The van der Waals surface area contributed by atoms with Crippen LogP contribution in [0.5, 0.6) is 0 Å². The van der Waals surface area contributed by atoms with Crippen LogP contribution in [-0.2, 0) is 0 Å².